The Balaban J connectivity index is 2.70. The standard InChI is InChI=1S/C13H20O3S/c1-3-15-12-7-4-6-11(10-14)13(12)16-8-5-9-17-2/h4,6-7,14H,3,5,8-10H2,1-2H3. The van der Waals surface area contributed by atoms with Gasteiger partial charge in [-0.25, -0.2) is 0 Å². The van der Waals surface area contributed by atoms with Crippen molar-refractivity contribution in [2.45, 2.75) is 20.0 Å². The summed E-state index contributed by atoms with van der Waals surface area (Å²) in [6, 6.07) is 5.59. The summed E-state index contributed by atoms with van der Waals surface area (Å²) in [5.41, 5.74) is 0.778. The molecule has 0 spiro atoms. The zero-order chi connectivity index (χ0) is 12.5. The van der Waals surface area contributed by atoms with Crippen LogP contribution >= 0.6 is 11.8 Å². The highest BCUT2D eigenvalue weighted by Gasteiger charge is 2.09. The summed E-state index contributed by atoms with van der Waals surface area (Å²) in [5.74, 6) is 2.46. The lowest BCUT2D eigenvalue weighted by atomic mass is 10.2. The molecule has 0 aliphatic rings. The van der Waals surface area contributed by atoms with Crippen molar-refractivity contribution in [3.8, 4) is 11.5 Å². The summed E-state index contributed by atoms with van der Waals surface area (Å²) in [4.78, 5) is 0. The molecule has 0 atom stereocenters. The van der Waals surface area contributed by atoms with Gasteiger partial charge in [-0.1, -0.05) is 12.1 Å². The minimum atomic E-state index is -0.0290. The molecule has 0 aliphatic heterocycles. The van der Waals surface area contributed by atoms with Gasteiger partial charge in [-0.2, -0.15) is 11.8 Å². The van der Waals surface area contributed by atoms with Gasteiger partial charge in [0.2, 0.25) is 0 Å². The van der Waals surface area contributed by atoms with Crippen molar-refractivity contribution in [2.24, 2.45) is 0 Å². The number of aliphatic hydroxyl groups is 1. The first-order chi connectivity index (χ1) is 8.33. The summed E-state index contributed by atoms with van der Waals surface area (Å²) < 4.78 is 11.2. The van der Waals surface area contributed by atoms with Crippen LogP contribution in [0, 0.1) is 0 Å². The van der Waals surface area contributed by atoms with Crippen LogP contribution in [0.1, 0.15) is 18.9 Å². The van der Waals surface area contributed by atoms with Crippen molar-refractivity contribution in [1.29, 1.82) is 0 Å². The third-order valence-electron chi connectivity index (χ3n) is 2.27. The summed E-state index contributed by atoms with van der Waals surface area (Å²) in [5, 5.41) is 9.27. The third-order valence-corrected chi connectivity index (χ3v) is 2.97. The molecule has 96 valence electrons. The van der Waals surface area contributed by atoms with E-state index in [4.69, 9.17) is 9.47 Å². The largest absolute Gasteiger partial charge is 0.490 e. The molecule has 0 saturated carbocycles. The molecule has 0 saturated heterocycles. The van der Waals surface area contributed by atoms with Gasteiger partial charge in [0.25, 0.3) is 0 Å². The van der Waals surface area contributed by atoms with E-state index in [0.717, 1.165) is 17.7 Å². The van der Waals surface area contributed by atoms with E-state index in [-0.39, 0.29) is 6.61 Å². The van der Waals surface area contributed by atoms with Crippen molar-refractivity contribution in [1.82, 2.24) is 0 Å². The van der Waals surface area contributed by atoms with Gasteiger partial charge in [0.15, 0.2) is 11.5 Å². The van der Waals surface area contributed by atoms with Crippen LogP contribution in [0.2, 0.25) is 0 Å². The summed E-state index contributed by atoms with van der Waals surface area (Å²) in [7, 11) is 0. The molecule has 17 heavy (non-hydrogen) atoms. The molecular weight excluding hydrogens is 236 g/mol. The summed E-state index contributed by atoms with van der Waals surface area (Å²) in [6.07, 6.45) is 3.07. The first kappa shape index (κ1) is 14.2. The molecule has 1 N–H and O–H groups in total. The number of hydrogen-bond donors (Lipinski definition) is 1. The monoisotopic (exact) mass is 256 g/mol. The Morgan fingerprint density at radius 3 is 2.76 bits per heavy atom. The van der Waals surface area contributed by atoms with Crippen molar-refractivity contribution in [3.05, 3.63) is 23.8 Å². The van der Waals surface area contributed by atoms with Crippen molar-refractivity contribution in [2.75, 3.05) is 25.2 Å². The predicted molar refractivity (Wildman–Crippen MR) is 72.0 cm³/mol. The lowest BCUT2D eigenvalue weighted by molar-refractivity contribution is 0.249. The number of rotatable bonds is 8. The van der Waals surface area contributed by atoms with E-state index >= 15 is 0 Å². The highest BCUT2D eigenvalue weighted by atomic mass is 32.2. The molecule has 1 aromatic carbocycles. The first-order valence-electron chi connectivity index (χ1n) is 5.80. The lowest BCUT2D eigenvalue weighted by Crippen LogP contribution is -2.04. The van der Waals surface area contributed by atoms with Crippen LogP contribution in [0.15, 0.2) is 18.2 Å². The second-order valence-electron chi connectivity index (χ2n) is 3.53. The molecule has 0 amide bonds. The van der Waals surface area contributed by atoms with E-state index in [2.05, 4.69) is 6.26 Å². The van der Waals surface area contributed by atoms with Crippen LogP contribution < -0.4 is 9.47 Å². The van der Waals surface area contributed by atoms with Gasteiger partial charge in [-0.3, -0.25) is 0 Å². The Bertz CT molecular complexity index is 328. The maximum absolute atomic E-state index is 9.27. The number of ether oxygens (including phenoxy) is 2. The fourth-order valence-electron chi connectivity index (χ4n) is 1.50. The zero-order valence-electron chi connectivity index (χ0n) is 10.4. The third kappa shape index (κ3) is 4.48. The van der Waals surface area contributed by atoms with E-state index in [9.17, 15) is 5.11 Å². The molecular formula is C13H20O3S. The zero-order valence-corrected chi connectivity index (χ0v) is 11.3. The Labute approximate surface area is 107 Å². The van der Waals surface area contributed by atoms with Crippen LogP contribution in [0.3, 0.4) is 0 Å². The second kappa shape index (κ2) is 8.25. The molecule has 0 radical (unpaired) electrons. The van der Waals surface area contributed by atoms with Crippen LogP contribution in [0.4, 0.5) is 0 Å². The van der Waals surface area contributed by atoms with E-state index in [0.29, 0.717) is 24.7 Å². The Hall–Kier alpha value is -0.870. The molecule has 1 aromatic rings. The van der Waals surface area contributed by atoms with E-state index in [1.165, 1.54) is 0 Å². The first-order valence-corrected chi connectivity index (χ1v) is 7.20. The fraction of sp³-hybridized carbons (Fsp3) is 0.538. The molecule has 0 unspecified atom stereocenters. The normalized spacial score (nSPS) is 10.3. The van der Waals surface area contributed by atoms with Crippen molar-refractivity contribution >= 4 is 11.8 Å². The van der Waals surface area contributed by atoms with E-state index in [1.54, 1.807) is 11.8 Å². The van der Waals surface area contributed by atoms with Gasteiger partial charge >= 0.3 is 0 Å². The number of para-hydroxylation sites is 1. The van der Waals surface area contributed by atoms with E-state index in [1.807, 2.05) is 25.1 Å². The molecule has 0 aromatic heterocycles. The predicted octanol–water partition coefficient (Wildman–Crippen LogP) is 2.71. The van der Waals surface area contributed by atoms with Crippen LogP contribution in [-0.2, 0) is 6.61 Å². The molecule has 1 rings (SSSR count). The maximum atomic E-state index is 9.27. The topological polar surface area (TPSA) is 38.7 Å². The molecule has 0 fully saturated rings. The van der Waals surface area contributed by atoms with Crippen LogP contribution in [0.25, 0.3) is 0 Å². The molecule has 0 aliphatic carbocycles. The SMILES string of the molecule is CCOc1cccc(CO)c1OCCCSC. The maximum Gasteiger partial charge on any atom is 0.166 e. The lowest BCUT2D eigenvalue weighted by Gasteiger charge is -2.14. The average Bonchev–Trinajstić information content (AvgIpc) is 2.36. The highest BCUT2D eigenvalue weighted by molar-refractivity contribution is 7.98. The molecule has 0 heterocycles. The second-order valence-corrected chi connectivity index (χ2v) is 4.52. The smallest absolute Gasteiger partial charge is 0.166 e. The van der Waals surface area contributed by atoms with Gasteiger partial charge in [-0.15, -0.1) is 0 Å². The number of aliphatic hydroxyl groups excluding tert-OH is 1. The van der Waals surface area contributed by atoms with Crippen LogP contribution in [-0.4, -0.2) is 30.3 Å². The molecule has 3 nitrogen and oxygen atoms in total. The Morgan fingerprint density at radius 1 is 1.29 bits per heavy atom. The highest BCUT2D eigenvalue weighted by Crippen LogP contribution is 2.31. The fourth-order valence-corrected chi connectivity index (χ4v) is 1.90. The Morgan fingerprint density at radius 2 is 2.12 bits per heavy atom. The quantitative estimate of drug-likeness (QED) is 0.726. The summed E-state index contributed by atoms with van der Waals surface area (Å²) >= 11 is 1.80. The van der Waals surface area contributed by atoms with Gasteiger partial charge in [0.05, 0.1) is 19.8 Å². The minimum Gasteiger partial charge on any atom is -0.490 e. The van der Waals surface area contributed by atoms with Gasteiger partial charge < -0.3 is 14.6 Å². The number of hydrogen-bond acceptors (Lipinski definition) is 4. The van der Waals surface area contributed by atoms with Gasteiger partial charge in [-0.05, 0) is 31.4 Å². The van der Waals surface area contributed by atoms with Crippen molar-refractivity contribution in [3.63, 3.8) is 0 Å². The number of benzene rings is 1. The Kier molecular flexibility index (Phi) is 6.89. The van der Waals surface area contributed by atoms with Gasteiger partial charge in [0, 0.05) is 5.56 Å². The van der Waals surface area contributed by atoms with E-state index < -0.39 is 0 Å². The average molecular weight is 256 g/mol. The van der Waals surface area contributed by atoms with Crippen LogP contribution in [0.5, 0.6) is 11.5 Å². The molecule has 0 bridgehead atoms. The number of thioether (sulfide) groups is 1. The van der Waals surface area contributed by atoms with Gasteiger partial charge in [0.1, 0.15) is 0 Å². The minimum absolute atomic E-state index is 0.0290. The summed E-state index contributed by atoms with van der Waals surface area (Å²) in [6.45, 7) is 3.15. The molecule has 4 heteroatoms. The van der Waals surface area contributed by atoms with Crippen molar-refractivity contribution < 1.29 is 14.6 Å².